The van der Waals surface area contributed by atoms with Crippen molar-refractivity contribution in [3.05, 3.63) is 29.6 Å². The smallest absolute Gasteiger partial charge is 0.123 e. The lowest BCUT2D eigenvalue weighted by Gasteiger charge is -2.23. The van der Waals surface area contributed by atoms with Gasteiger partial charge in [-0.05, 0) is 43.5 Å². The molecule has 1 fully saturated rings. The summed E-state index contributed by atoms with van der Waals surface area (Å²) in [6, 6.07) is 4.80. The molecule has 3 heteroatoms. The van der Waals surface area contributed by atoms with E-state index in [1.54, 1.807) is 6.07 Å². The minimum Gasteiger partial charge on any atom is -0.371 e. The summed E-state index contributed by atoms with van der Waals surface area (Å²) in [6.07, 6.45) is 2.44. The highest BCUT2D eigenvalue weighted by molar-refractivity contribution is 5.55. The molecule has 1 aromatic carbocycles. The Hall–Kier alpha value is -1.09. The first-order chi connectivity index (χ1) is 7.18. The van der Waals surface area contributed by atoms with Crippen LogP contribution in [0.3, 0.4) is 0 Å². The predicted molar refractivity (Wildman–Crippen MR) is 60.4 cm³/mol. The quantitative estimate of drug-likeness (QED) is 0.808. The van der Waals surface area contributed by atoms with Crippen LogP contribution in [0.1, 0.15) is 31.4 Å². The molecule has 1 aliphatic heterocycles. The summed E-state index contributed by atoms with van der Waals surface area (Å²) in [5, 5.41) is 0. The zero-order chi connectivity index (χ0) is 10.8. The molecule has 1 heterocycles. The maximum Gasteiger partial charge on any atom is 0.123 e. The molecule has 0 spiro atoms. The number of benzene rings is 1. The third kappa shape index (κ3) is 2.12. The lowest BCUT2D eigenvalue weighted by atomic mass is 10.1. The van der Waals surface area contributed by atoms with E-state index in [1.807, 2.05) is 13.0 Å². The van der Waals surface area contributed by atoms with Crippen LogP contribution in [-0.2, 0) is 0 Å². The van der Waals surface area contributed by atoms with Crippen molar-refractivity contribution >= 4 is 5.69 Å². The van der Waals surface area contributed by atoms with Gasteiger partial charge >= 0.3 is 0 Å². The van der Waals surface area contributed by atoms with E-state index in [4.69, 9.17) is 5.73 Å². The van der Waals surface area contributed by atoms with Gasteiger partial charge in [0.05, 0.1) is 0 Å². The van der Waals surface area contributed by atoms with Gasteiger partial charge in [0.1, 0.15) is 5.82 Å². The Morgan fingerprint density at radius 1 is 1.33 bits per heavy atom. The molecule has 0 aromatic heterocycles. The molecular weight excluding hydrogens is 191 g/mol. The Morgan fingerprint density at radius 2 is 2.00 bits per heavy atom. The zero-order valence-corrected chi connectivity index (χ0v) is 9.04. The number of hydrogen-bond acceptors (Lipinski definition) is 2. The molecule has 1 saturated heterocycles. The first-order valence-corrected chi connectivity index (χ1v) is 5.48. The molecule has 0 saturated carbocycles. The first-order valence-electron chi connectivity index (χ1n) is 5.48. The average molecular weight is 208 g/mol. The highest BCUT2D eigenvalue weighted by atomic mass is 19.1. The lowest BCUT2D eigenvalue weighted by molar-refractivity contribution is 0.622. The van der Waals surface area contributed by atoms with Crippen molar-refractivity contribution in [2.75, 3.05) is 18.0 Å². The first kappa shape index (κ1) is 10.4. The average Bonchev–Trinajstić information content (AvgIpc) is 2.70. The van der Waals surface area contributed by atoms with Gasteiger partial charge in [-0.25, -0.2) is 4.39 Å². The van der Waals surface area contributed by atoms with Crippen LogP contribution < -0.4 is 10.6 Å². The van der Waals surface area contributed by atoms with E-state index >= 15 is 0 Å². The van der Waals surface area contributed by atoms with Crippen LogP contribution >= 0.6 is 0 Å². The van der Waals surface area contributed by atoms with Crippen LogP contribution in [0, 0.1) is 5.82 Å². The second-order valence-electron chi connectivity index (χ2n) is 4.19. The van der Waals surface area contributed by atoms with Gasteiger partial charge in [-0.15, -0.1) is 0 Å². The minimum atomic E-state index is -0.203. The van der Waals surface area contributed by atoms with Crippen molar-refractivity contribution in [2.45, 2.75) is 25.8 Å². The van der Waals surface area contributed by atoms with E-state index in [0.29, 0.717) is 0 Å². The molecule has 0 bridgehead atoms. The fourth-order valence-electron chi connectivity index (χ4n) is 2.14. The fraction of sp³-hybridized carbons (Fsp3) is 0.500. The molecule has 2 rings (SSSR count). The van der Waals surface area contributed by atoms with Gasteiger partial charge in [0, 0.05) is 24.8 Å². The number of halogens is 1. The number of anilines is 1. The molecule has 0 aliphatic carbocycles. The zero-order valence-electron chi connectivity index (χ0n) is 9.04. The van der Waals surface area contributed by atoms with E-state index in [9.17, 15) is 4.39 Å². The molecule has 0 unspecified atom stereocenters. The van der Waals surface area contributed by atoms with Gasteiger partial charge in [0.25, 0.3) is 0 Å². The maximum absolute atomic E-state index is 13.1. The van der Waals surface area contributed by atoms with Gasteiger partial charge in [-0.3, -0.25) is 0 Å². The molecule has 0 radical (unpaired) electrons. The largest absolute Gasteiger partial charge is 0.371 e. The summed E-state index contributed by atoms with van der Waals surface area (Å²) in [7, 11) is 0. The van der Waals surface area contributed by atoms with Gasteiger partial charge in [0.15, 0.2) is 0 Å². The number of nitrogens with zero attached hydrogens (tertiary/aromatic N) is 1. The van der Waals surface area contributed by atoms with Crippen molar-refractivity contribution in [1.29, 1.82) is 0 Å². The van der Waals surface area contributed by atoms with Gasteiger partial charge in [-0.2, -0.15) is 0 Å². The van der Waals surface area contributed by atoms with Crippen LogP contribution in [0.25, 0.3) is 0 Å². The summed E-state index contributed by atoms with van der Waals surface area (Å²) in [4.78, 5) is 2.29. The van der Waals surface area contributed by atoms with E-state index in [2.05, 4.69) is 4.90 Å². The summed E-state index contributed by atoms with van der Waals surface area (Å²) in [5.74, 6) is -0.203. The Kier molecular flexibility index (Phi) is 2.91. The molecule has 0 amide bonds. The predicted octanol–water partition coefficient (Wildman–Crippen LogP) is 2.45. The molecule has 1 aromatic rings. The van der Waals surface area contributed by atoms with E-state index in [-0.39, 0.29) is 11.9 Å². The Bertz CT molecular complexity index is 343. The van der Waals surface area contributed by atoms with Crippen molar-refractivity contribution < 1.29 is 4.39 Å². The molecule has 1 aliphatic rings. The van der Waals surface area contributed by atoms with Crippen LogP contribution in [0.2, 0.25) is 0 Å². The van der Waals surface area contributed by atoms with Crippen molar-refractivity contribution in [3.8, 4) is 0 Å². The summed E-state index contributed by atoms with van der Waals surface area (Å²) in [5.41, 5.74) is 7.87. The topological polar surface area (TPSA) is 29.3 Å². The van der Waals surface area contributed by atoms with Gasteiger partial charge in [0.2, 0.25) is 0 Å². The summed E-state index contributed by atoms with van der Waals surface area (Å²) >= 11 is 0. The highest BCUT2D eigenvalue weighted by Gasteiger charge is 2.17. The number of rotatable bonds is 2. The second kappa shape index (κ2) is 4.19. The van der Waals surface area contributed by atoms with Crippen LogP contribution in [-0.4, -0.2) is 13.1 Å². The second-order valence-corrected chi connectivity index (χ2v) is 4.19. The Morgan fingerprint density at radius 3 is 2.60 bits per heavy atom. The maximum atomic E-state index is 13.1. The van der Waals surface area contributed by atoms with Gasteiger partial charge in [-0.1, -0.05) is 0 Å². The van der Waals surface area contributed by atoms with Crippen LogP contribution in [0.4, 0.5) is 10.1 Å². The SMILES string of the molecule is C[C@H](N)c1cc(F)ccc1N1CCCC1. The number of nitrogens with two attached hydrogens (primary N) is 1. The Labute approximate surface area is 89.9 Å². The third-order valence-electron chi connectivity index (χ3n) is 2.93. The molecule has 1 atom stereocenters. The van der Waals surface area contributed by atoms with Crippen molar-refractivity contribution in [1.82, 2.24) is 0 Å². The summed E-state index contributed by atoms with van der Waals surface area (Å²) < 4.78 is 13.1. The molecule has 15 heavy (non-hydrogen) atoms. The highest BCUT2D eigenvalue weighted by Crippen LogP contribution is 2.28. The standard InChI is InChI=1S/C12H17FN2/c1-9(14)11-8-10(13)4-5-12(11)15-6-2-3-7-15/h4-5,8-9H,2-3,6-7,14H2,1H3/t9-/m0/s1. The van der Waals surface area contributed by atoms with Crippen LogP contribution in [0.15, 0.2) is 18.2 Å². The van der Waals surface area contributed by atoms with Crippen molar-refractivity contribution in [2.24, 2.45) is 5.73 Å². The van der Waals surface area contributed by atoms with E-state index < -0.39 is 0 Å². The Balaban J connectivity index is 2.36. The molecular formula is C12H17FN2. The number of hydrogen-bond donors (Lipinski definition) is 1. The molecule has 2 N–H and O–H groups in total. The van der Waals surface area contributed by atoms with Gasteiger partial charge < -0.3 is 10.6 Å². The summed E-state index contributed by atoms with van der Waals surface area (Å²) in [6.45, 7) is 4.02. The third-order valence-corrected chi connectivity index (χ3v) is 2.93. The van der Waals surface area contributed by atoms with E-state index in [0.717, 1.165) is 24.3 Å². The van der Waals surface area contributed by atoms with E-state index in [1.165, 1.54) is 18.9 Å². The van der Waals surface area contributed by atoms with Crippen molar-refractivity contribution in [3.63, 3.8) is 0 Å². The fourth-order valence-corrected chi connectivity index (χ4v) is 2.14. The molecule has 82 valence electrons. The van der Waals surface area contributed by atoms with Crippen LogP contribution in [0.5, 0.6) is 0 Å². The normalized spacial score (nSPS) is 18.2. The minimum absolute atomic E-state index is 0.115. The monoisotopic (exact) mass is 208 g/mol. The molecule has 2 nitrogen and oxygen atoms in total. The lowest BCUT2D eigenvalue weighted by Crippen LogP contribution is -2.21.